The smallest absolute Gasteiger partial charge is 0.307 e. The number of pyridine rings is 1. The molecule has 0 saturated heterocycles. The van der Waals surface area contributed by atoms with Crippen molar-refractivity contribution in [2.45, 2.75) is 57.6 Å². The van der Waals surface area contributed by atoms with Crippen LogP contribution in [-0.4, -0.2) is 31.2 Å². The largest absolute Gasteiger partial charge is 0.460 e. The lowest BCUT2D eigenvalue weighted by atomic mass is 10.0. The van der Waals surface area contributed by atoms with Gasteiger partial charge in [-0.15, -0.1) is 0 Å². The van der Waals surface area contributed by atoms with Crippen molar-refractivity contribution in [3.63, 3.8) is 0 Å². The molecule has 152 valence electrons. The fraction of sp³-hybridized carbons (Fsp3) is 0.429. The molecule has 1 N–H and O–H groups in total. The van der Waals surface area contributed by atoms with E-state index in [1.54, 1.807) is 23.0 Å². The fourth-order valence-electron chi connectivity index (χ4n) is 3.30. The molecule has 1 fully saturated rings. The number of aromatic nitrogens is 4. The van der Waals surface area contributed by atoms with Gasteiger partial charge in [-0.2, -0.15) is 5.10 Å². The zero-order chi connectivity index (χ0) is 20.6. The number of carbonyl (C=O) groups excluding carboxylic acids is 1. The van der Waals surface area contributed by atoms with E-state index in [9.17, 15) is 4.79 Å². The number of anilines is 1. The van der Waals surface area contributed by atoms with Crippen molar-refractivity contribution in [1.29, 1.82) is 0 Å². The molecule has 0 aliphatic heterocycles. The molecule has 0 atom stereocenters. The van der Waals surface area contributed by atoms with Crippen LogP contribution >= 0.6 is 11.6 Å². The summed E-state index contributed by atoms with van der Waals surface area (Å²) in [6.07, 6.45) is 5.53. The molecular weight excluding hydrogens is 390 g/mol. The summed E-state index contributed by atoms with van der Waals surface area (Å²) in [5.41, 5.74) is 0.707. The standard InChI is InChI=1S/C21H24ClN5O2/c1-20(2,3)29-16(28)12-21(8-9-21)19-25-18(17-15(22)7-11-27(17)26-19)24-13-14-6-4-5-10-23-14/h4-7,10-11H,8-9,12-13H2,1-3H3,(H,24,25,26). The number of nitrogens with one attached hydrogen (secondary N) is 1. The molecule has 3 aromatic rings. The highest BCUT2D eigenvalue weighted by atomic mass is 35.5. The summed E-state index contributed by atoms with van der Waals surface area (Å²) in [6.45, 7) is 6.12. The minimum absolute atomic E-state index is 0.229. The Labute approximate surface area is 174 Å². The van der Waals surface area contributed by atoms with E-state index >= 15 is 0 Å². The van der Waals surface area contributed by atoms with E-state index in [-0.39, 0.29) is 17.8 Å². The summed E-state index contributed by atoms with van der Waals surface area (Å²) in [4.78, 5) is 21.5. The van der Waals surface area contributed by atoms with E-state index in [0.29, 0.717) is 28.7 Å². The van der Waals surface area contributed by atoms with Crippen LogP contribution in [0.25, 0.3) is 5.52 Å². The molecule has 4 rings (SSSR count). The minimum Gasteiger partial charge on any atom is -0.460 e. The number of hydrogen-bond donors (Lipinski definition) is 1. The second kappa shape index (κ2) is 7.30. The van der Waals surface area contributed by atoms with Crippen molar-refractivity contribution in [2.75, 3.05) is 5.32 Å². The Morgan fingerprint density at radius 1 is 1.31 bits per heavy atom. The third-order valence-corrected chi connectivity index (χ3v) is 5.16. The number of rotatable bonds is 6. The summed E-state index contributed by atoms with van der Waals surface area (Å²) < 4.78 is 7.24. The molecule has 0 spiro atoms. The molecule has 3 aromatic heterocycles. The summed E-state index contributed by atoms with van der Waals surface area (Å²) in [7, 11) is 0. The molecule has 1 aliphatic carbocycles. The van der Waals surface area contributed by atoms with Crippen LogP contribution in [0.3, 0.4) is 0 Å². The van der Waals surface area contributed by atoms with Gasteiger partial charge in [0.05, 0.1) is 23.7 Å². The molecule has 0 amide bonds. The number of fused-ring (bicyclic) bond motifs is 1. The quantitative estimate of drug-likeness (QED) is 0.611. The van der Waals surface area contributed by atoms with Gasteiger partial charge in [0.25, 0.3) is 0 Å². The molecule has 0 bridgehead atoms. The average molecular weight is 414 g/mol. The van der Waals surface area contributed by atoms with Crippen LogP contribution in [0.4, 0.5) is 5.82 Å². The highest BCUT2D eigenvalue weighted by Gasteiger charge is 2.50. The van der Waals surface area contributed by atoms with Gasteiger partial charge in [-0.05, 0) is 51.8 Å². The lowest BCUT2D eigenvalue weighted by Crippen LogP contribution is -2.27. The van der Waals surface area contributed by atoms with Gasteiger partial charge < -0.3 is 10.1 Å². The number of hydrogen-bond acceptors (Lipinski definition) is 6. The monoisotopic (exact) mass is 413 g/mol. The molecule has 0 aromatic carbocycles. The summed E-state index contributed by atoms with van der Waals surface area (Å²) in [5, 5.41) is 8.55. The Hall–Kier alpha value is -2.67. The molecule has 0 radical (unpaired) electrons. The summed E-state index contributed by atoms with van der Waals surface area (Å²) >= 11 is 6.37. The van der Waals surface area contributed by atoms with E-state index in [1.807, 2.05) is 39.0 Å². The van der Waals surface area contributed by atoms with Gasteiger partial charge in [0.15, 0.2) is 11.6 Å². The van der Waals surface area contributed by atoms with Gasteiger partial charge in [-0.3, -0.25) is 9.78 Å². The highest BCUT2D eigenvalue weighted by molar-refractivity contribution is 6.34. The van der Waals surface area contributed by atoms with E-state index in [2.05, 4.69) is 15.4 Å². The third-order valence-electron chi connectivity index (χ3n) is 4.86. The van der Waals surface area contributed by atoms with Gasteiger partial charge in [-0.1, -0.05) is 17.7 Å². The molecule has 3 heterocycles. The Bertz CT molecular complexity index is 1040. The molecular formula is C21H24ClN5O2. The van der Waals surface area contributed by atoms with Crippen molar-refractivity contribution < 1.29 is 9.53 Å². The predicted molar refractivity (Wildman–Crippen MR) is 111 cm³/mol. The van der Waals surface area contributed by atoms with Crippen molar-refractivity contribution >= 4 is 28.9 Å². The topological polar surface area (TPSA) is 81.4 Å². The third kappa shape index (κ3) is 4.34. The fourth-order valence-corrected chi connectivity index (χ4v) is 3.53. The second-order valence-electron chi connectivity index (χ2n) is 8.46. The molecule has 29 heavy (non-hydrogen) atoms. The number of ether oxygens (including phenoxy) is 1. The lowest BCUT2D eigenvalue weighted by Gasteiger charge is -2.22. The Morgan fingerprint density at radius 3 is 2.76 bits per heavy atom. The second-order valence-corrected chi connectivity index (χ2v) is 8.87. The zero-order valence-corrected chi connectivity index (χ0v) is 17.5. The van der Waals surface area contributed by atoms with Crippen molar-refractivity contribution in [3.05, 3.63) is 53.2 Å². The maximum atomic E-state index is 12.4. The van der Waals surface area contributed by atoms with Crippen LogP contribution in [0.2, 0.25) is 5.02 Å². The molecule has 0 unspecified atom stereocenters. The summed E-state index contributed by atoms with van der Waals surface area (Å²) in [5.74, 6) is 1.03. The molecule has 1 aliphatic rings. The van der Waals surface area contributed by atoms with Gasteiger partial charge in [0.1, 0.15) is 11.1 Å². The zero-order valence-electron chi connectivity index (χ0n) is 16.8. The van der Waals surface area contributed by atoms with E-state index in [0.717, 1.165) is 18.5 Å². The maximum absolute atomic E-state index is 12.4. The number of nitrogens with zero attached hydrogens (tertiary/aromatic N) is 4. The van der Waals surface area contributed by atoms with Gasteiger partial charge in [0.2, 0.25) is 0 Å². The summed E-state index contributed by atoms with van der Waals surface area (Å²) in [6, 6.07) is 7.54. The SMILES string of the molecule is CC(C)(C)OC(=O)CC1(c2nc(NCc3ccccn3)c3c(Cl)ccn3n2)CC1. The van der Waals surface area contributed by atoms with Gasteiger partial charge in [-0.25, -0.2) is 9.50 Å². The average Bonchev–Trinajstić information content (AvgIpc) is 3.34. The Balaban J connectivity index is 1.63. The molecule has 7 nitrogen and oxygen atoms in total. The van der Waals surface area contributed by atoms with Crippen molar-refractivity contribution in [3.8, 4) is 0 Å². The first-order valence-corrected chi connectivity index (χ1v) is 10.0. The first kappa shape index (κ1) is 19.6. The van der Waals surface area contributed by atoms with Gasteiger partial charge in [0, 0.05) is 17.8 Å². The van der Waals surface area contributed by atoms with E-state index in [4.69, 9.17) is 21.3 Å². The normalized spacial score (nSPS) is 15.3. The molecule has 1 saturated carbocycles. The highest BCUT2D eigenvalue weighted by Crippen LogP contribution is 2.50. The maximum Gasteiger partial charge on any atom is 0.307 e. The van der Waals surface area contributed by atoms with Crippen molar-refractivity contribution in [1.82, 2.24) is 19.6 Å². The van der Waals surface area contributed by atoms with E-state index in [1.165, 1.54) is 0 Å². The number of carbonyl (C=O) groups is 1. The van der Waals surface area contributed by atoms with Crippen LogP contribution in [-0.2, 0) is 21.5 Å². The van der Waals surface area contributed by atoms with Crippen LogP contribution in [0.1, 0.15) is 51.6 Å². The number of halogens is 1. The van der Waals surface area contributed by atoms with E-state index < -0.39 is 5.60 Å². The Morgan fingerprint density at radius 2 is 2.10 bits per heavy atom. The molecule has 8 heteroatoms. The van der Waals surface area contributed by atoms with Gasteiger partial charge >= 0.3 is 5.97 Å². The van der Waals surface area contributed by atoms with Crippen LogP contribution in [0.15, 0.2) is 36.7 Å². The predicted octanol–water partition coefficient (Wildman–Crippen LogP) is 4.15. The van der Waals surface area contributed by atoms with Crippen LogP contribution < -0.4 is 5.32 Å². The van der Waals surface area contributed by atoms with Crippen molar-refractivity contribution in [2.24, 2.45) is 0 Å². The van der Waals surface area contributed by atoms with Crippen LogP contribution in [0, 0.1) is 0 Å². The Kier molecular flexibility index (Phi) is 4.94. The van der Waals surface area contributed by atoms with Crippen LogP contribution in [0.5, 0.6) is 0 Å². The first-order chi connectivity index (χ1) is 13.8. The minimum atomic E-state index is -0.513. The lowest BCUT2D eigenvalue weighted by molar-refractivity contribution is -0.155. The number of esters is 1. The first-order valence-electron chi connectivity index (χ1n) is 9.67.